The highest BCUT2D eigenvalue weighted by molar-refractivity contribution is 8.13. The van der Waals surface area contributed by atoms with Crippen molar-refractivity contribution in [2.75, 3.05) is 13.1 Å². The quantitative estimate of drug-likeness (QED) is 0.849. The zero-order valence-corrected chi connectivity index (χ0v) is 11.6. The minimum atomic E-state index is -4.28. The first-order valence-corrected chi connectivity index (χ1v) is 6.61. The van der Waals surface area contributed by atoms with Crippen LogP contribution in [-0.4, -0.2) is 18.3 Å². The van der Waals surface area contributed by atoms with Crippen LogP contribution in [0.5, 0.6) is 0 Å². The van der Waals surface area contributed by atoms with E-state index in [4.69, 9.17) is 0 Å². The van der Waals surface area contributed by atoms with Crippen LogP contribution in [-0.2, 0) is 11.9 Å². The van der Waals surface area contributed by atoms with Crippen molar-refractivity contribution in [3.63, 3.8) is 0 Å². The van der Waals surface area contributed by atoms with E-state index in [0.717, 1.165) is 30.7 Å². The molecule has 0 aliphatic carbocycles. The van der Waals surface area contributed by atoms with Gasteiger partial charge in [0, 0.05) is 18.8 Å². The number of nitrogens with one attached hydrogen (secondary N) is 1. The van der Waals surface area contributed by atoms with E-state index in [2.05, 4.69) is 10.3 Å². The van der Waals surface area contributed by atoms with Gasteiger partial charge in [0.1, 0.15) is 0 Å². The zero-order valence-electron chi connectivity index (χ0n) is 10.0. The molecule has 2 rings (SSSR count). The molecule has 19 heavy (non-hydrogen) atoms. The number of amidine groups is 1. The van der Waals surface area contributed by atoms with Gasteiger partial charge in [-0.25, -0.2) is 0 Å². The number of thioether (sulfide) groups is 1. The van der Waals surface area contributed by atoms with Crippen LogP contribution in [0.15, 0.2) is 29.3 Å². The number of benzene rings is 1. The molecule has 2 nitrogen and oxygen atoms in total. The normalized spacial score (nSPS) is 15.2. The highest BCUT2D eigenvalue weighted by Crippen LogP contribution is 2.30. The standard InChI is InChI=1S/C12H13F3N2S.ClH/c13-12(14,15)10-4-1-3-9(7-10)8-18-11-16-5-2-6-17-11;/h1,3-4,7H,2,5-6,8H2,(H,16,17);1H/p-1. The van der Waals surface area contributed by atoms with Crippen molar-refractivity contribution in [2.45, 2.75) is 18.3 Å². The van der Waals surface area contributed by atoms with Gasteiger partial charge in [-0.15, -0.1) is 0 Å². The topological polar surface area (TPSA) is 24.4 Å². The molecule has 0 amide bonds. The van der Waals surface area contributed by atoms with E-state index < -0.39 is 11.7 Å². The fraction of sp³-hybridized carbons (Fsp3) is 0.417. The van der Waals surface area contributed by atoms with Crippen molar-refractivity contribution in [1.82, 2.24) is 5.32 Å². The lowest BCUT2D eigenvalue weighted by Crippen LogP contribution is -3.00. The Balaban J connectivity index is 0.00000180. The van der Waals surface area contributed by atoms with E-state index in [1.807, 2.05) is 0 Å². The first kappa shape index (κ1) is 16.2. The molecule has 1 aromatic carbocycles. The highest BCUT2D eigenvalue weighted by atomic mass is 35.5. The van der Waals surface area contributed by atoms with Gasteiger partial charge in [0.2, 0.25) is 0 Å². The third kappa shape index (κ3) is 4.95. The number of hydrogen-bond acceptors (Lipinski definition) is 3. The summed E-state index contributed by atoms with van der Waals surface area (Å²) in [4.78, 5) is 4.26. The molecule has 1 aromatic rings. The maximum atomic E-state index is 12.5. The van der Waals surface area contributed by atoms with Gasteiger partial charge in [-0.1, -0.05) is 30.0 Å². The van der Waals surface area contributed by atoms with Crippen LogP contribution in [0.25, 0.3) is 0 Å². The van der Waals surface area contributed by atoms with Gasteiger partial charge in [0.25, 0.3) is 0 Å². The molecule has 0 saturated carbocycles. The third-order valence-corrected chi connectivity index (χ3v) is 3.52. The molecule has 0 aromatic heterocycles. The van der Waals surface area contributed by atoms with Crippen molar-refractivity contribution < 1.29 is 25.6 Å². The average molecular weight is 310 g/mol. The molecule has 0 bridgehead atoms. The molecular weight excluding hydrogens is 297 g/mol. The smallest absolute Gasteiger partial charge is 0.416 e. The Morgan fingerprint density at radius 2 is 2.11 bits per heavy atom. The first-order chi connectivity index (χ1) is 8.55. The van der Waals surface area contributed by atoms with Crippen molar-refractivity contribution in [3.05, 3.63) is 35.4 Å². The maximum Gasteiger partial charge on any atom is 0.416 e. The van der Waals surface area contributed by atoms with Crippen LogP contribution >= 0.6 is 11.8 Å². The van der Waals surface area contributed by atoms with Crippen molar-refractivity contribution in [1.29, 1.82) is 0 Å². The first-order valence-electron chi connectivity index (χ1n) is 5.63. The largest absolute Gasteiger partial charge is 1.00 e. The van der Waals surface area contributed by atoms with Crippen LogP contribution in [0.1, 0.15) is 17.5 Å². The number of hydrogen-bond donors (Lipinski definition) is 1. The summed E-state index contributed by atoms with van der Waals surface area (Å²) in [5.74, 6) is 0.496. The van der Waals surface area contributed by atoms with Crippen LogP contribution in [0.2, 0.25) is 0 Å². The summed E-state index contributed by atoms with van der Waals surface area (Å²) in [6.07, 6.45) is -3.27. The van der Waals surface area contributed by atoms with Crippen LogP contribution in [0.4, 0.5) is 13.2 Å². The SMILES string of the molecule is FC(F)(F)c1cccc(CSC2=NCCCN2)c1.[Cl-]. The Labute approximate surface area is 120 Å². The van der Waals surface area contributed by atoms with Gasteiger partial charge in [-0.05, 0) is 18.1 Å². The molecule has 0 atom stereocenters. The summed E-state index contributed by atoms with van der Waals surface area (Å²) in [5.41, 5.74) is 0.0593. The molecule has 1 N–H and O–H groups in total. The predicted molar refractivity (Wildman–Crippen MR) is 67.7 cm³/mol. The van der Waals surface area contributed by atoms with Crippen LogP contribution in [0, 0.1) is 0 Å². The molecule has 1 aliphatic rings. The van der Waals surface area contributed by atoms with E-state index >= 15 is 0 Å². The second kappa shape index (κ2) is 7.05. The van der Waals surface area contributed by atoms with Gasteiger partial charge in [0.15, 0.2) is 5.17 Å². The molecule has 0 saturated heterocycles. The minimum absolute atomic E-state index is 0. The second-order valence-corrected chi connectivity index (χ2v) is 4.92. The number of alkyl halides is 3. The van der Waals surface area contributed by atoms with Crippen molar-refractivity contribution >= 4 is 16.9 Å². The third-order valence-electron chi connectivity index (χ3n) is 2.50. The second-order valence-electron chi connectivity index (χ2n) is 3.95. The lowest BCUT2D eigenvalue weighted by Gasteiger charge is -2.14. The molecule has 0 radical (unpaired) electrons. The van der Waals surface area contributed by atoms with Crippen LogP contribution in [0.3, 0.4) is 0 Å². The molecule has 0 spiro atoms. The van der Waals surface area contributed by atoms with Gasteiger partial charge >= 0.3 is 6.18 Å². The monoisotopic (exact) mass is 309 g/mol. The van der Waals surface area contributed by atoms with E-state index in [0.29, 0.717) is 11.3 Å². The summed E-state index contributed by atoms with van der Waals surface area (Å²) in [6.45, 7) is 1.67. The Kier molecular flexibility index (Phi) is 6.00. The molecule has 1 heterocycles. The van der Waals surface area contributed by atoms with Crippen LogP contribution < -0.4 is 17.7 Å². The molecule has 0 unspecified atom stereocenters. The van der Waals surface area contributed by atoms with E-state index in [1.165, 1.54) is 23.9 Å². The Hall–Kier alpha value is -0.880. The van der Waals surface area contributed by atoms with Gasteiger partial charge in [-0.3, -0.25) is 4.99 Å². The fourth-order valence-electron chi connectivity index (χ4n) is 1.60. The molecule has 1 aliphatic heterocycles. The minimum Gasteiger partial charge on any atom is -1.00 e. The average Bonchev–Trinajstić information content (AvgIpc) is 2.37. The number of halogens is 4. The maximum absolute atomic E-state index is 12.5. The van der Waals surface area contributed by atoms with Gasteiger partial charge < -0.3 is 17.7 Å². The fourth-order valence-corrected chi connectivity index (χ4v) is 2.47. The van der Waals surface area contributed by atoms with Crippen molar-refractivity contribution in [3.8, 4) is 0 Å². The summed E-state index contributed by atoms with van der Waals surface area (Å²) >= 11 is 1.44. The Morgan fingerprint density at radius 1 is 1.32 bits per heavy atom. The van der Waals surface area contributed by atoms with Crippen molar-refractivity contribution in [2.24, 2.45) is 4.99 Å². The lowest BCUT2D eigenvalue weighted by molar-refractivity contribution is -0.137. The lowest BCUT2D eigenvalue weighted by atomic mass is 10.1. The molecule has 7 heteroatoms. The number of nitrogens with zero attached hydrogens (tertiary/aromatic N) is 1. The molecule has 0 fully saturated rings. The predicted octanol–water partition coefficient (Wildman–Crippen LogP) is 0.292. The zero-order chi connectivity index (χ0) is 13.0. The Morgan fingerprint density at radius 3 is 2.74 bits per heavy atom. The van der Waals surface area contributed by atoms with E-state index in [1.54, 1.807) is 6.07 Å². The summed E-state index contributed by atoms with van der Waals surface area (Å²) < 4.78 is 37.6. The van der Waals surface area contributed by atoms with E-state index in [9.17, 15) is 13.2 Å². The number of rotatable bonds is 2. The highest BCUT2D eigenvalue weighted by Gasteiger charge is 2.30. The summed E-state index contributed by atoms with van der Waals surface area (Å²) in [5, 5.41) is 3.94. The Bertz CT molecular complexity index is 449. The van der Waals surface area contributed by atoms with Gasteiger partial charge in [-0.2, -0.15) is 13.2 Å². The van der Waals surface area contributed by atoms with E-state index in [-0.39, 0.29) is 12.4 Å². The summed E-state index contributed by atoms with van der Waals surface area (Å²) in [6, 6.07) is 5.42. The molecule has 106 valence electrons. The summed E-state index contributed by atoms with van der Waals surface area (Å²) in [7, 11) is 0. The van der Waals surface area contributed by atoms with Gasteiger partial charge in [0.05, 0.1) is 5.56 Å². The number of aliphatic imine (C=N–C) groups is 1. The molecular formula is C12H13ClF3N2S-.